The zero-order valence-corrected chi connectivity index (χ0v) is 7.55. The highest BCUT2D eigenvalue weighted by molar-refractivity contribution is 4.53. The Labute approximate surface area is 69.0 Å². The molecule has 0 aromatic rings. The van der Waals surface area contributed by atoms with Gasteiger partial charge in [-0.05, 0) is 13.0 Å². The van der Waals surface area contributed by atoms with Crippen molar-refractivity contribution in [3.63, 3.8) is 0 Å². The highest BCUT2D eigenvalue weighted by atomic mass is 16.5. The molecule has 0 heterocycles. The zero-order chi connectivity index (χ0) is 8.53. The quantitative estimate of drug-likeness (QED) is 0.546. The molecule has 0 saturated heterocycles. The van der Waals surface area contributed by atoms with Gasteiger partial charge in [-0.2, -0.15) is 0 Å². The number of rotatable bonds is 7. The van der Waals surface area contributed by atoms with E-state index in [0.717, 1.165) is 32.7 Å². The Morgan fingerprint density at radius 1 is 1.36 bits per heavy atom. The molecule has 0 aliphatic rings. The Bertz CT molecular complexity index is 78.5. The van der Waals surface area contributed by atoms with E-state index in [0.29, 0.717) is 0 Å². The third-order valence-corrected chi connectivity index (χ3v) is 1.69. The minimum atomic E-state index is 0.251. The van der Waals surface area contributed by atoms with Crippen LogP contribution in [0.4, 0.5) is 0 Å². The lowest BCUT2D eigenvalue weighted by molar-refractivity contribution is 0.159. The van der Waals surface area contributed by atoms with Gasteiger partial charge in [0, 0.05) is 26.8 Å². The van der Waals surface area contributed by atoms with Crippen molar-refractivity contribution in [1.82, 2.24) is 4.90 Å². The van der Waals surface area contributed by atoms with Crippen molar-refractivity contribution in [2.75, 3.05) is 40.0 Å². The molecule has 0 aromatic heterocycles. The van der Waals surface area contributed by atoms with Gasteiger partial charge in [-0.1, -0.05) is 6.92 Å². The summed E-state index contributed by atoms with van der Waals surface area (Å²) < 4.78 is 4.93. The van der Waals surface area contributed by atoms with Crippen LogP contribution in [-0.4, -0.2) is 50.0 Å². The van der Waals surface area contributed by atoms with E-state index in [1.165, 1.54) is 0 Å². The fraction of sp³-hybridized carbons (Fsp3) is 1.00. The van der Waals surface area contributed by atoms with E-state index in [4.69, 9.17) is 9.84 Å². The van der Waals surface area contributed by atoms with E-state index in [9.17, 15) is 0 Å². The molecular formula is C8H19NO2. The minimum Gasteiger partial charge on any atom is -0.395 e. The van der Waals surface area contributed by atoms with Crippen LogP contribution < -0.4 is 0 Å². The van der Waals surface area contributed by atoms with Crippen molar-refractivity contribution in [2.45, 2.75) is 13.3 Å². The van der Waals surface area contributed by atoms with Gasteiger partial charge in [-0.15, -0.1) is 0 Å². The molecule has 0 aromatic carbocycles. The Kier molecular flexibility index (Phi) is 7.89. The number of methoxy groups -OCH3 is 1. The average molecular weight is 161 g/mol. The van der Waals surface area contributed by atoms with E-state index in [1.807, 2.05) is 0 Å². The summed E-state index contributed by atoms with van der Waals surface area (Å²) in [4.78, 5) is 2.21. The van der Waals surface area contributed by atoms with Crippen LogP contribution in [0.1, 0.15) is 13.3 Å². The molecule has 0 amide bonds. The first-order chi connectivity index (χ1) is 5.35. The maximum Gasteiger partial charge on any atom is 0.0558 e. The van der Waals surface area contributed by atoms with Crippen molar-refractivity contribution < 1.29 is 9.84 Å². The lowest BCUT2D eigenvalue weighted by Crippen LogP contribution is -2.28. The second-order valence-electron chi connectivity index (χ2n) is 2.50. The van der Waals surface area contributed by atoms with Gasteiger partial charge in [0.1, 0.15) is 0 Å². The highest BCUT2D eigenvalue weighted by Gasteiger charge is 1.98. The SMILES string of the molecule is CCN(CCO)CCCOC. The zero-order valence-electron chi connectivity index (χ0n) is 7.55. The lowest BCUT2D eigenvalue weighted by atomic mass is 10.4. The van der Waals surface area contributed by atoms with Crippen molar-refractivity contribution in [2.24, 2.45) is 0 Å². The van der Waals surface area contributed by atoms with E-state index in [-0.39, 0.29) is 6.61 Å². The van der Waals surface area contributed by atoms with Crippen LogP contribution in [0.5, 0.6) is 0 Å². The molecule has 3 heteroatoms. The van der Waals surface area contributed by atoms with Gasteiger partial charge in [0.2, 0.25) is 0 Å². The largest absolute Gasteiger partial charge is 0.395 e. The standard InChI is InChI=1S/C8H19NO2/c1-3-9(6-7-10)5-4-8-11-2/h10H,3-8H2,1-2H3. The van der Waals surface area contributed by atoms with Gasteiger partial charge >= 0.3 is 0 Å². The predicted molar refractivity (Wildman–Crippen MR) is 45.7 cm³/mol. The van der Waals surface area contributed by atoms with Crippen LogP contribution in [0.25, 0.3) is 0 Å². The summed E-state index contributed by atoms with van der Waals surface area (Å²) in [6.07, 6.45) is 1.05. The Balaban J connectivity index is 3.20. The Hall–Kier alpha value is -0.120. The molecule has 0 bridgehead atoms. The number of aliphatic hydroxyl groups excluding tert-OH is 1. The smallest absolute Gasteiger partial charge is 0.0558 e. The fourth-order valence-electron chi connectivity index (χ4n) is 1.00. The molecule has 0 spiro atoms. The minimum absolute atomic E-state index is 0.251. The number of aliphatic hydroxyl groups is 1. The summed E-state index contributed by atoms with van der Waals surface area (Å²) in [6.45, 7) is 5.96. The molecule has 0 atom stereocenters. The first-order valence-electron chi connectivity index (χ1n) is 4.17. The predicted octanol–water partition coefficient (Wildman–Crippen LogP) is 0.337. The molecular weight excluding hydrogens is 142 g/mol. The third-order valence-electron chi connectivity index (χ3n) is 1.69. The van der Waals surface area contributed by atoms with Crippen LogP contribution in [-0.2, 0) is 4.74 Å². The first kappa shape index (κ1) is 10.9. The van der Waals surface area contributed by atoms with Crippen molar-refractivity contribution >= 4 is 0 Å². The molecule has 11 heavy (non-hydrogen) atoms. The van der Waals surface area contributed by atoms with E-state index >= 15 is 0 Å². The second kappa shape index (κ2) is 7.98. The topological polar surface area (TPSA) is 32.7 Å². The van der Waals surface area contributed by atoms with Gasteiger partial charge in [-0.3, -0.25) is 0 Å². The number of hydrogen-bond acceptors (Lipinski definition) is 3. The van der Waals surface area contributed by atoms with E-state index < -0.39 is 0 Å². The summed E-state index contributed by atoms with van der Waals surface area (Å²) >= 11 is 0. The van der Waals surface area contributed by atoms with Gasteiger partial charge in [0.25, 0.3) is 0 Å². The summed E-state index contributed by atoms with van der Waals surface area (Å²) in [5, 5.41) is 8.65. The maximum absolute atomic E-state index is 8.65. The van der Waals surface area contributed by atoms with E-state index in [1.54, 1.807) is 7.11 Å². The van der Waals surface area contributed by atoms with Crippen LogP contribution >= 0.6 is 0 Å². The molecule has 0 aliphatic heterocycles. The summed E-state index contributed by atoms with van der Waals surface area (Å²) in [6, 6.07) is 0. The van der Waals surface area contributed by atoms with Gasteiger partial charge in [0.15, 0.2) is 0 Å². The van der Waals surface area contributed by atoms with Crippen molar-refractivity contribution in [1.29, 1.82) is 0 Å². The molecule has 1 N–H and O–H groups in total. The van der Waals surface area contributed by atoms with Crippen LogP contribution in [0.3, 0.4) is 0 Å². The van der Waals surface area contributed by atoms with Gasteiger partial charge in [0.05, 0.1) is 6.61 Å². The van der Waals surface area contributed by atoms with E-state index in [2.05, 4.69) is 11.8 Å². The first-order valence-corrected chi connectivity index (χ1v) is 4.17. The molecule has 0 radical (unpaired) electrons. The molecule has 0 rings (SSSR count). The summed E-state index contributed by atoms with van der Waals surface area (Å²) in [5.74, 6) is 0. The maximum atomic E-state index is 8.65. The highest BCUT2D eigenvalue weighted by Crippen LogP contribution is 1.90. The number of nitrogens with zero attached hydrogens (tertiary/aromatic N) is 1. The molecule has 3 nitrogen and oxygen atoms in total. The number of likely N-dealkylation sites (N-methyl/N-ethyl adjacent to an activating group) is 1. The van der Waals surface area contributed by atoms with Crippen LogP contribution in [0, 0.1) is 0 Å². The fourth-order valence-corrected chi connectivity index (χ4v) is 1.00. The second-order valence-corrected chi connectivity index (χ2v) is 2.50. The average Bonchev–Trinajstić information content (AvgIpc) is 2.03. The van der Waals surface area contributed by atoms with Crippen LogP contribution in [0.15, 0.2) is 0 Å². The normalized spacial score (nSPS) is 10.9. The summed E-state index contributed by atoms with van der Waals surface area (Å²) in [7, 11) is 1.71. The van der Waals surface area contributed by atoms with Crippen LogP contribution in [0.2, 0.25) is 0 Å². The molecule has 0 aliphatic carbocycles. The van der Waals surface area contributed by atoms with Crippen molar-refractivity contribution in [3.05, 3.63) is 0 Å². The molecule has 0 unspecified atom stereocenters. The summed E-state index contributed by atoms with van der Waals surface area (Å²) in [5.41, 5.74) is 0. The van der Waals surface area contributed by atoms with Gasteiger partial charge in [-0.25, -0.2) is 0 Å². The lowest BCUT2D eigenvalue weighted by Gasteiger charge is -2.18. The Morgan fingerprint density at radius 2 is 2.09 bits per heavy atom. The molecule has 0 fully saturated rings. The Morgan fingerprint density at radius 3 is 2.55 bits per heavy atom. The number of hydrogen-bond donors (Lipinski definition) is 1. The monoisotopic (exact) mass is 161 g/mol. The third kappa shape index (κ3) is 6.28. The van der Waals surface area contributed by atoms with Crippen molar-refractivity contribution in [3.8, 4) is 0 Å². The number of ether oxygens (including phenoxy) is 1. The van der Waals surface area contributed by atoms with Gasteiger partial charge < -0.3 is 14.7 Å². The molecule has 68 valence electrons. The molecule has 0 saturated carbocycles.